The van der Waals surface area contributed by atoms with Crippen molar-refractivity contribution in [1.82, 2.24) is 4.98 Å². The van der Waals surface area contributed by atoms with Gasteiger partial charge in [-0.2, -0.15) is 5.26 Å². The van der Waals surface area contributed by atoms with E-state index in [9.17, 15) is 9.59 Å². The number of thiophene rings is 1. The van der Waals surface area contributed by atoms with E-state index in [-0.39, 0.29) is 24.6 Å². The van der Waals surface area contributed by atoms with Gasteiger partial charge in [0.25, 0.3) is 5.91 Å². The Bertz CT molecular complexity index is 978. The SMILES string of the molecule is CC(OC(=O)c1csc(-c2cccs2)n1)C(=O)N(CCC#N)c1ccccc1. The minimum Gasteiger partial charge on any atom is -0.448 e. The van der Waals surface area contributed by atoms with Gasteiger partial charge in [-0.3, -0.25) is 4.79 Å². The second kappa shape index (κ2) is 9.26. The highest BCUT2D eigenvalue weighted by Gasteiger charge is 2.26. The highest BCUT2D eigenvalue weighted by atomic mass is 32.1. The van der Waals surface area contributed by atoms with Gasteiger partial charge >= 0.3 is 5.97 Å². The maximum Gasteiger partial charge on any atom is 0.358 e. The summed E-state index contributed by atoms with van der Waals surface area (Å²) >= 11 is 2.89. The number of hydrogen-bond acceptors (Lipinski definition) is 7. The summed E-state index contributed by atoms with van der Waals surface area (Å²) in [6.07, 6.45) is -0.823. The molecule has 0 radical (unpaired) electrons. The van der Waals surface area contributed by atoms with E-state index in [1.165, 1.54) is 34.5 Å². The number of anilines is 1. The molecule has 0 aliphatic carbocycles. The summed E-state index contributed by atoms with van der Waals surface area (Å²) in [7, 11) is 0. The van der Waals surface area contributed by atoms with Crippen LogP contribution in [0, 0.1) is 11.3 Å². The van der Waals surface area contributed by atoms with Crippen molar-refractivity contribution in [2.24, 2.45) is 0 Å². The van der Waals surface area contributed by atoms with E-state index in [1.807, 2.05) is 29.6 Å². The number of hydrogen-bond donors (Lipinski definition) is 0. The van der Waals surface area contributed by atoms with Gasteiger partial charge in [0.05, 0.1) is 17.4 Å². The Labute approximate surface area is 170 Å². The van der Waals surface area contributed by atoms with Gasteiger partial charge in [-0.1, -0.05) is 24.3 Å². The van der Waals surface area contributed by atoms with E-state index in [0.717, 1.165) is 9.88 Å². The standard InChI is InChI=1S/C20H17N3O3S2/c1-14(19(24)23(11-6-10-21)15-7-3-2-4-8-15)26-20(25)16-13-28-18(22-16)17-9-5-12-27-17/h2-5,7-9,12-14H,6,11H2,1H3. The second-order valence-electron chi connectivity index (χ2n) is 5.80. The first-order valence-corrected chi connectivity index (χ1v) is 10.3. The summed E-state index contributed by atoms with van der Waals surface area (Å²) in [5.74, 6) is -1.03. The molecule has 0 N–H and O–H groups in total. The van der Waals surface area contributed by atoms with Gasteiger partial charge in [-0.15, -0.1) is 22.7 Å². The molecule has 1 unspecified atom stereocenters. The van der Waals surface area contributed by atoms with Crippen LogP contribution in [0.5, 0.6) is 0 Å². The lowest BCUT2D eigenvalue weighted by molar-refractivity contribution is -0.126. The first kappa shape index (κ1) is 19.7. The molecule has 1 amide bonds. The number of carbonyl (C=O) groups is 2. The summed E-state index contributed by atoms with van der Waals surface area (Å²) in [6, 6.07) is 14.9. The number of benzene rings is 1. The van der Waals surface area contributed by atoms with E-state index in [0.29, 0.717) is 5.69 Å². The van der Waals surface area contributed by atoms with Crippen molar-refractivity contribution in [2.45, 2.75) is 19.4 Å². The summed E-state index contributed by atoms with van der Waals surface area (Å²) in [5.41, 5.74) is 0.829. The fourth-order valence-electron chi connectivity index (χ4n) is 2.51. The first-order valence-electron chi connectivity index (χ1n) is 8.54. The van der Waals surface area contributed by atoms with Crippen LogP contribution in [0.1, 0.15) is 23.8 Å². The van der Waals surface area contributed by atoms with Crippen LogP contribution >= 0.6 is 22.7 Å². The third-order valence-electron chi connectivity index (χ3n) is 3.86. The van der Waals surface area contributed by atoms with Crippen LogP contribution in [0.25, 0.3) is 9.88 Å². The third-order valence-corrected chi connectivity index (χ3v) is 5.74. The maximum absolute atomic E-state index is 12.8. The molecule has 0 aliphatic rings. The smallest absolute Gasteiger partial charge is 0.358 e. The normalized spacial score (nSPS) is 11.4. The Morgan fingerprint density at radius 3 is 2.68 bits per heavy atom. The predicted octanol–water partition coefficient (Wildman–Crippen LogP) is 4.36. The first-order chi connectivity index (χ1) is 13.6. The van der Waals surface area contributed by atoms with Crippen LogP contribution in [0.4, 0.5) is 5.69 Å². The lowest BCUT2D eigenvalue weighted by atomic mass is 10.2. The van der Waals surface area contributed by atoms with Crippen molar-refractivity contribution in [3.63, 3.8) is 0 Å². The Hall–Kier alpha value is -3.02. The molecule has 2 heterocycles. The van der Waals surface area contributed by atoms with Crippen LogP contribution < -0.4 is 4.90 Å². The number of amides is 1. The number of carbonyl (C=O) groups excluding carboxylic acids is 2. The van der Waals surface area contributed by atoms with E-state index < -0.39 is 12.1 Å². The Balaban J connectivity index is 1.70. The molecule has 28 heavy (non-hydrogen) atoms. The van der Waals surface area contributed by atoms with Crippen LogP contribution in [-0.2, 0) is 9.53 Å². The Morgan fingerprint density at radius 2 is 2.00 bits per heavy atom. The molecule has 0 spiro atoms. The molecule has 8 heteroatoms. The molecule has 0 saturated carbocycles. The molecule has 0 aliphatic heterocycles. The van der Waals surface area contributed by atoms with Gasteiger partial charge in [-0.05, 0) is 30.5 Å². The molecule has 1 atom stereocenters. The average Bonchev–Trinajstić information content (AvgIpc) is 3.40. The van der Waals surface area contributed by atoms with Crippen molar-refractivity contribution >= 4 is 40.2 Å². The minimum absolute atomic E-state index is 0.177. The van der Waals surface area contributed by atoms with Crippen LogP contribution in [0.2, 0.25) is 0 Å². The van der Waals surface area contributed by atoms with E-state index in [2.05, 4.69) is 4.98 Å². The number of nitrogens with zero attached hydrogens (tertiary/aromatic N) is 3. The highest BCUT2D eigenvalue weighted by molar-refractivity contribution is 7.20. The third kappa shape index (κ3) is 4.63. The van der Waals surface area contributed by atoms with Crippen LogP contribution in [-0.4, -0.2) is 29.5 Å². The zero-order valence-electron chi connectivity index (χ0n) is 15.1. The molecule has 3 rings (SSSR count). The van der Waals surface area contributed by atoms with Gasteiger partial charge < -0.3 is 9.64 Å². The number of para-hydroxylation sites is 1. The number of aromatic nitrogens is 1. The van der Waals surface area contributed by atoms with Crippen molar-refractivity contribution in [3.05, 3.63) is 58.9 Å². The van der Waals surface area contributed by atoms with Gasteiger partial charge in [0, 0.05) is 17.6 Å². The number of nitriles is 1. The van der Waals surface area contributed by atoms with Crippen molar-refractivity contribution in [1.29, 1.82) is 5.26 Å². The minimum atomic E-state index is -1.00. The highest BCUT2D eigenvalue weighted by Crippen LogP contribution is 2.28. The molecule has 3 aromatic rings. The van der Waals surface area contributed by atoms with Crippen molar-refractivity contribution in [2.75, 3.05) is 11.4 Å². The van der Waals surface area contributed by atoms with Crippen molar-refractivity contribution < 1.29 is 14.3 Å². The van der Waals surface area contributed by atoms with Crippen molar-refractivity contribution in [3.8, 4) is 16.0 Å². The summed E-state index contributed by atoms with van der Waals surface area (Å²) in [4.78, 5) is 32.0. The summed E-state index contributed by atoms with van der Waals surface area (Å²) < 4.78 is 5.35. The fraction of sp³-hybridized carbons (Fsp3) is 0.200. The number of esters is 1. The van der Waals surface area contributed by atoms with E-state index in [4.69, 9.17) is 10.00 Å². The van der Waals surface area contributed by atoms with Gasteiger partial charge in [0.1, 0.15) is 5.01 Å². The van der Waals surface area contributed by atoms with Gasteiger partial charge in [0.2, 0.25) is 0 Å². The maximum atomic E-state index is 12.8. The number of thiazole rings is 1. The fourth-order valence-corrected chi connectivity index (χ4v) is 4.11. The quantitative estimate of drug-likeness (QED) is 0.539. The molecular formula is C20H17N3O3S2. The summed E-state index contributed by atoms with van der Waals surface area (Å²) in [6.45, 7) is 1.75. The predicted molar refractivity (Wildman–Crippen MR) is 109 cm³/mol. The lowest BCUT2D eigenvalue weighted by Crippen LogP contribution is -2.40. The monoisotopic (exact) mass is 411 g/mol. The zero-order chi connectivity index (χ0) is 19.9. The molecule has 142 valence electrons. The molecule has 0 fully saturated rings. The average molecular weight is 412 g/mol. The summed E-state index contributed by atoms with van der Waals surface area (Å²) in [5, 5.41) is 13.2. The largest absolute Gasteiger partial charge is 0.448 e. The Kier molecular flexibility index (Phi) is 6.53. The van der Waals surface area contributed by atoms with Gasteiger partial charge in [-0.25, -0.2) is 9.78 Å². The molecule has 2 aromatic heterocycles. The van der Waals surface area contributed by atoms with Gasteiger partial charge in [0.15, 0.2) is 11.8 Å². The van der Waals surface area contributed by atoms with E-state index in [1.54, 1.807) is 29.6 Å². The van der Waals surface area contributed by atoms with Crippen LogP contribution in [0.15, 0.2) is 53.2 Å². The molecular weight excluding hydrogens is 394 g/mol. The zero-order valence-corrected chi connectivity index (χ0v) is 16.7. The van der Waals surface area contributed by atoms with Crippen LogP contribution in [0.3, 0.4) is 0 Å². The molecule has 6 nitrogen and oxygen atoms in total. The lowest BCUT2D eigenvalue weighted by Gasteiger charge is -2.24. The topological polar surface area (TPSA) is 83.3 Å². The van der Waals surface area contributed by atoms with E-state index >= 15 is 0 Å². The Morgan fingerprint density at radius 1 is 1.21 bits per heavy atom. The number of rotatable bonds is 7. The molecule has 1 aromatic carbocycles. The molecule has 0 saturated heterocycles. The molecule has 0 bridgehead atoms. The number of ether oxygens (including phenoxy) is 1. The second-order valence-corrected chi connectivity index (χ2v) is 7.60.